The molecule has 0 fully saturated rings. The van der Waals surface area contributed by atoms with Crippen LogP contribution in [0.25, 0.3) is 10.2 Å². The van der Waals surface area contributed by atoms with Crippen molar-refractivity contribution in [2.24, 2.45) is 7.05 Å². The van der Waals surface area contributed by atoms with Gasteiger partial charge in [-0.15, -0.1) is 11.3 Å². The molecule has 0 aromatic carbocycles. The van der Waals surface area contributed by atoms with E-state index in [1.807, 2.05) is 20.8 Å². The molecule has 0 aliphatic heterocycles. The number of hydrogen-bond acceptors (Lipinski definition) is 6. The van der Waals surface area contributed by atoms with Crippen molar-refractivity contribution in [1.29, 1.82) is 0 Å². The van der Waals surface area contributed by atoms with Crippen molar-refractivity contribution in [2.75, 3.05) is 5.32 Å². The minimum atomic E-state index is -0.405. The minimum absolute atomic E-state index is 0.0163. The molecule has 148 valence electrons. The molecule has 1 unspecified atom stereocenters. The zero-order chi connectivity index (χ0) is 20.0. The number of amides is 1. The SMILES string of the molecule is CC(Sc1nc2sc3c(c2c(=O)n1C)CCC3)C(=O)Nc1ccnn1C(C)C. The zero-order valence-corrected chi connectivity index (χ0v) is 18.0. The number of nitrogens with zero attached hydrogens (tertiary/aromatic N) is 4. The Morgan fingerprint density at radius 3 is 2.86 bits per heavy atom. The molecule has 1 amide bonds. The van der Waals surface area contributed by atoms with E-state index in [2.05, 4.69) is 10.4 Å². The lowest BCUT2D eigenvalue weighted by Gasteiger charge is -2.15. The Balaban J connectivity index is 1.57. The van der Waals surface area contributed by atoms with E-state index in [1.165, 1.54) is 22.2 Å². The first-order valence-electron chi connectivity index (χ1n) is 9.39. The van der Waals surface area contributed by atoms with Gasteiger partial charge < -0.3 is 5.32 Å². The van der Waals surface area contributed by atoms with Gasteiger partial charge in [0.05, 0.1) is 16.8 Å². The molecule has 0 saturated carbocycles. The lowest BCUT2D eigenvalue weighted by atomic mass is 10.2. The number of nitrogens with one attached hydrogen (secondary N) is 1. The summed E-state index contributed by atoms with van der Waals surface area (Å²) in [6, 6.07) is 1.93. The number of fused-ring (bicyclic) bond motifs is 3. The quantitative estimate of drug-likeness (QED) is 0.508. The van der Waals surface area contributed by atoms with Crippen LogP contribution in [0.2, 0.25) is 0 Å². The molecule has 3 aromatic heterocycles. The third kappa shape index (κ3) is 3.26. The molecule has 1 N–H and O–H groups in total. The van der Waals surface area contributed by atoms with Crippen LogP contribution in [0.15, 0.2) is 22.2 Å². The first-order valence-corrected chi connectivity index (χ1v) is 11.1. The van der Waals surface area contributed by atoms with E-state index < -0.39 is 5.25 Å². The highest BCUT2D eigenvalue weighted by Crippen LogP contribution is 2.35. The Morgan fingerprint density at radius 1 is 1.32 bits per heavy atom. The van der Waals surface area contributed by atoms with Gasteiger partial charge in [-0.1, -0.05) is 11.8 Å². The molecule has 0 bridgehead atoms. The van der Waals surface area contributed by atoms with Gasteiger partial charge >= 0.3 is 0 Å². The van der Waals surface area contributed by atoms with Gasteiger partial charge in [0.2, 0.25) is 5.91 Å². The van der Waals surface area contributed by atoms with Crippen molar-refractivity contribution in [1.82, 2.24) is 19.3 Å². The van der Waals surface area contributed by atoms with E-state index in [0.717, 1.165) is 29.5 Å². The summed E-state index contributed by atoms with van der Waals surface area (Å²) in [6.45, 7) is 5.84. The molecule has 0 radical (unpaired) electrons. The molecule has 3 aromatic rings. The number of rotatable bonds is 5. The molecule has 1 aliphatic rings. The lowest BCUT2D eigenvalue weighted by Crippen LogP contribution is -2.26. The topological polar surface area (TPSA) is 81.8 Å². The second-order valence-corrected chi connectivity index (χ2v) is 9.69. The second-order valence-electron chi connectivity index (χ2n) is 7.30. The van der Waals surface area contributed by atoms with E-state index >= 15 is 0 Å². The van der Waals surface area contributed by atoms with Crippen LogP contribution >= 0.6 is 23.1 Å². The van der Waals surface area contributed by atoms with E-state index in [-0.39, 0.29) is 17.5 Å². The number of aromatic nitrogens is 4. The molecule has 9 heteroatoms. The summed E-state index contributed by atoms with van der Waals surface area (Å²) in [5.41, 5.74) is 1.16. The predicted octanol–water partition coefficient (Wildman–Crippen LogP) is 3.38. The molecule has 1 aliphatic carbocycles. The molecule has 0 saturated heterocycles. The van der Waals surface area contributed by atoms with Crippen LogP contribution in [0.4, 0.5) is 5.82 Å². The summed E-state index contributed by atoms with van der Waals surface area (Å²) < 4.78 is 3.34. The van der Waals surface area contributed by atoms with E-state index in [4.69, 9.17) is 4.98 Å². The van der Waals surface area contributed by atoms with Crippen molar-refractivity contribution in [3.8, 4) is 0 Å². The molecule has 3 heterocycles. The lowest BCUT2D eigenvalue weighted by molar-refractivity contribution is -0.115. The summed E-state index contributed by atoms with van der Waals surface area (Å²) in [5.74, 6) is 0.523. The maximum atomic E-state index is 12.9. The van der Waals surface area contributed by atoms with E-state index in [0.29, 0.717) is 11.0 Å². The molecular weight excluding hydrogens is 394 g/mol. The largest absolute Gasteiger partial charge is 0.310 e. The average Bonchev–Trinajstić information content (AvgIpc) is 3.34. The van der Waals surface area contributed by atoms with Gasteiger partial charge in [0, 0.05) is 24.0 Å². The molecule has 1 atom stereocenters. The fourth-order valence-electron chi connectivity index (χ4n) is 3.48. The number of carbonyl (C=O) groups excluding carboxylic acids is 1. The second kappa shape index (κ2) is 7.36. The van der Waals surface area contributed by atoms with Gasteiger partial charge in [-0.3, -0.25) is 14.2 Å². The van der Waals surface area contributed by atoms with Gasteiger partial charge in [0.15, 0.2) is 5.16 Å². The zero-order valence-electron chi connectivity index (χ0n) is 16.4. The Labute approximate surface area is 171 Å². The molecule has 0 spiro atoms. The first-order chi connectivity index (χ1) is 13.4. The van der Waals surface area contributed by atoms with E-state index in [9.17, 15) is 9.59 Å². The highest BCUT2D eigenvalue weighted by Gasteiger charge is 2.24. The number of hydrogen-bond donors (Lipinski definition) is 1. The van der Waals surface area contributed by atoms with Crippen molar-refractivity contribution >= 4 is 45.0 Å². The third-order valence-electron chi connectivity index (χ3n) is 4.97. The third-order valence-corrected chi connectivity index (χ3v) is 7.30. The number of thiophene rings is 1. The monoisotopic (exact) mass is 417 g/mol. The van der Waals surface area contributed by atoms with Crippen LogP contribution < -0.4 is 10.9 Å². The van der Waals surface area contributed by atoms with Crippen LogP contribution in [0, 0.1) is 0 Å². The number of carbonyl (C=O) groups is 1. The fraction of sp³-hybridized carbons (Fsp3) is 0.474. The van der Waals surface area contributed by atoms with Crippen molar-refractivity contribution in [3.63, 3.8) is 0 Å². The normalized spacial score (nSPS) is 14.6. The first kappa shape index (κ1) is 19.2. The van der Waals surface area contributed by atoms with Crippen LogP contribution in [0.1, 0.15) is 43.7 Å². The van der Waals surface area contributed by atoms with Crippen molar-refractivity contribution < 1.29 is 4.79 Å². The molecule has 4 rings (SSSR count). The fourth-order valence-corrected chi connectivity index (χ4v) is 5.65. The number of thioether (sulfide) groups is 1. The van der Waals surface area contributed by atoms with Crippen LogP contribution in [0.3, 0.4) is 0 Å². The van der Waals surface area contributed by atoms with Gasteiger partial charge in [-0.25, -0.2) is 9.67 Å². The predicted molar refractivity (Wildman–Crippen MR) is 113 cm³/mol. The highest BCUT2D eigenvalue weighted by atomic mass is 32.2. The Hall–Kier alpha value is -2.13. The summed E-state index contributed by atoms with van der Waals surface area (Å²) in [7, 11) is 1.73. The summed E-state index contributed by atoms with van der Waals surface area (Å²) in [5, 5.41) is 8.09. The number of aryl methyl sites for hydroxylation is 2. The van der Waals surface area contributed by atoms with Crippen LogP contribution in [0.5, 0.6) is 0 Å². The summed E-state index contributed by atoms with van der Waals surface area (Å²) >= 11 is 2.92. The Morgan fingerprint density at radius 2 is 2.11 bits per heavy atom. The Bertz CT molecular complexity index is 1110. The van der Waals surface area contributed by atoms with Crippen molar-refractivity contribution in [2.45, 2.75) is 56.5 Å². The van der Waals surface area contributed by atoms with E-state index in [1.54, 1.807) is 39.9 Å². The molecule has 7 nitrogen and oxygen atoms in total. The standard InChI is InChI=1S/C19H23N5O2S2/c1-10(2)24-14(8-9-20-24)21-16(25)11(3)27-19-22-17-15(18(26)23(19)4)12-6-5-7-13(12)28-17/h8-11H,5-7H2,1-4H3,(H,21,25). The highest BCUT2D eigenvalue weighted by molar-refractivity contribution is 8.00. The molecular formula is C19H23N5O2S2. The maximum Gasteiger partial charge on any atom is 0.262 e. The van der Waals surface area contributed by atoms with Crippen molar-refractivity contribution in [3.05, 3.63) is 33.1 Å². The van der Waals surface area contributed by atoms with Crippen LogP contribution in [-0.2, 0) is 24.7 Å². The minimum Gasteiger partial charge on any atom is -0.310 e. The summed E-state index contributed by atoms with van der Waals surface area (Å²) in [4.78, 5) is 32.4. The molecule has 28 heavy (non-hydrogen) atoms. The number of anilines is 1. The summed E-state index contributed by atoms with van der Waals surface area (Å²) in [6.07, 6.45) is 4.77. The van der Waals surface area contributed by atoms with Crippen LogP contribution in [-0.4, -0.2) is 30.5 Å². The van der Waals surface area contributed by atoms with Gasteiger partial charge in [-0.2, -0.15) is 5.10 Å². The maximum absolute atomic E-state index is 12.9. The smallest absolute Gasteiger partial charge is 0.262 e. The van der Waals surface area contributed by atoms with Gasteiger partial charge in [0.25, 0.3) is 5.56 Å². The Kier molecular flexibility index (Phi) is 5.05. The average molecular weight is 418 g/mol. The van der Waals surface area contributed by atoms with Gasteiger partial charge in [-0.05, 0) is 45.6 Å². The van der Waals surface area contributed by atoms with Gasteiger partial charge in [0.1, 0.15) is 10.6 Å².